The van der Waals surface area contributed by atoms with Crippen molar-refractivity contribution in [1.29, 1.82) is 0 Å². The van der Waals surface area contributed by atoms with Crippen LogP contribution >= 0.6 is 0 Å². The third-order valence-corrected chi connectivity index (χ3v) is 27.6. The summed E-state index contributed by atoms with van der Waals surface area (Å²) in [5.74, 6) is 11.3. The molecule has 0 saturated heterocycles. The highest BCUT2D eigenvalue weighted by Gasteiger charge is 2.46. The molecule has 14 aromatic heterocycles. The zero-order valence-electron chi connectivity index (χ0n) is 80.2. The fourth-order valence-electron chi connectivity index (χ4n) is 15.1. The van der Waals surface area contributed by atoms with Crippen molar-refractivity contribution in [2.45, 2.75) is 289 Å². The number of aromatic nitrogens is 14. The highest BCUT2D eigenvalue weighted by molar-refractivity contribution is 6.82. The number of nitrogens with two attached hydrogens (primary N) is 1. The minimum absolute atomic E-state index is 0. The number of ether oxygens (including phenoxy) is 4. The smallest absolute Gasteiger partial charge is 0.433 e. The number of alkyl halides is 6. The molecule has 14 rings (SSSR count). The van der Waals surface area contributed by atoms with E-state index in [0.29, 0.717) is 92.5 Å². The van der Waals surface area contributed by atoms with Gasteiger partial charge in [0.25, 0.3) is 0 Å². The monoisotopic (exact) mass is 2090 g/mol. The van der Waals surface area contributed by atoms with Crippen molar-refractivity contribution in [2.24, 2.45) is 0 Å². The summed E-state index contributed by atoms with van der Waals surface area (Å²) in [6, 6.07) is 27.2. The van der Waals surface area contributed by atoms with Crippen LogP contribution in [0.3, 0.4) is 0 Å². The number of nitrogen functional groups attached to an aromatic ring is 1. The van der Waals surface area contributed by atoms with Crippen LogP contribution in [0.25, 0.3) is 44.1 Å². The average Bonchev–Trinajstić information content (AvgIpc) is 1.57. The second kappa shape index (κ2) is 59.3. The number of carbonyl (C=O) groups is 6. The molecule has 6 N–H and O–H groups in total. The van der Waals surface area contributed by atoms with Crippen LogP contribution in [0, 0.1) is 49.4 Å². The maximum atomic E-state index is 12.8. The molecule has 0 saturated carbocycles. The first-order valence-corrected chi connectivity index (χ1v) is 45.9. The van der Waals surface area contributed by atoms with Crippen LogP contribution in [0.5, 0.6) is 0 Å². The number of aryl methyl sites for hydroxylation is 2. The number of imide groups is 2. The number of fused-ring (bicyclic) bond motifs is 4. The van der Waals surface area contributed by atoms with Crippen LogP contribution in [0.4, 0.5) is 63.0 Å². The minimum atomic E-state index is -4.44. The van der Waals surface area contributed by atoms with Crippen molar-refractivity contribution in [3.05, 3.63) is 279 Å². The van der Waals surface area contributed by atoms with Crippen LogP contribution in [-0.4, -0.2) is 142 Å². The van der Waals surface area contributed by atoms with Crippen molar-refractivity contribution in [3.8, 4) is 49.4 Å². The van der Waals surface area contributed by atoms with Crippen molar-refractivity contribution < 1.29 is 79.2 Å². The summed E-state index contributed by atoms with van der Waals surface area (Å²) in [5, 5.41) is 14.7. The Bertz CT molecular complexity index is 6730. The van der Waals surface area contributed by atoms with Gasteiger partial charge in [0.05, 0.1) is 0 Å². The van der Waals surface area contributed by atoms with Gasteiger partial charge in [-0.05, 0) is 225 Å². The fourth-order valence-corrected chi connectivity index (χ4v) is 21.6. The molecule has 0 radical (unpaired) electrons. The zero-order chi connectivity index (χ0) is 102. The molecule has 14 aromatic rings. The number of anilines is 3. The van der Waals surface area contributed by atoms with Crippen molar-refractivity contribution in [1.82, 2.24) is 69.0 Å². The van der Waals surface area contributed by atoms with E-state index >= 15 is 0 Å². The quantitative estimate of drug-likeness (QED) is 0.0186. The molecule has 150 heavy (non-hydrogen) atoms. The van der Waals surface area contributed by atoms with Crippen LogP contribution in [0.1, 0.15) is 311 Å². The molecule has 1 unspecified atom stereocenters. The van der Waals surface area contributed by atoms with Gasteiger partial charge in [-0.25, -0.2) is 54.1 Å². The molecule has 0 aromatic carbocycles. The Morgan fingerprint density at radius 1 is 0.420 bits per heavy atom. The number of halogens is 6. The standard InChI is InChI=1S/C25H28N4O5.C23H17F3N4.C18H26N2Si.C16H22N2O5.C15H12N4.C7H4F3NO.11CH4/c1-8-15-11-12-26-21-19(15)17(14-28-21)20(30)16-9-10-18(27-13-16)29(22(31)33-24(2,3)4)23(32)34-25(5,6)7;1-2-17-9-10-27-22-21(17)18(14-30-22)11-16-4-7-19(28-13-16)6-3-15-5-8-20(29-12-15)23(24,25)26;1-8-16-9-11-19-18-17(16)10-12-20(18)21(13(2)3,14(4)5)15(6)7;1-15(2,3)22-13(20)18(14(21)23-16(4,5)6)12-8-7-11(10-19)9-17-12;1-2-11-5-6-17-15-14(11)12(9-19-15)7-10-3-4-13(16)18-8-10;8-7(9,10)6-2-1-5(4-12)3-11-6;;;;;;;;;;;/h1,9-14,20,30H,2-7H3,(H,26,28);1,4-5,7-10,12-14H,3,6,11H2,(H,27,30);1,9-15H,2-7H3;7-10H,1-6H3;1,3-6,8-9H,7H2,(H2,16,18)(H,17,19);1-4H;11*1H4. The van der Waals surface area contributed by atoms with E-state index in [-0.39, 0.29) is 98.9 Å². The third-order valence-electron chi connectivity index (χ3n) is 20.9. The fraction of sp³-hybridized carbons (Fsp3) is 0.374. The first-order chi connectivity index (χ1) is 65.3. The average molecular weight is 2090 g/mol. The van der Waals surface area contributed by atoms with Crippen LogP contribution in [0.2, 0.25) is 16.6 Å². The van der Waals surface area contributed by atoms with Gasteiger partial charge in [0.2, 0.25) is 0 Å². The molecule has 28 nitrogen and oxygen atoms in total. The van der Waals surface area contributed by atoms with E-state index < -0.39 is 84.9 Å². The van der Waals surface area contributed by atoms with Gasteiger partial charge in [0.15, 0.2) is 20.8 Å². The number of hydrogen-bond acceptors (Lipinski definition) is 22. The van der Waals surface area contributed by atoms with Crippen molar-refractivity contribution in [2.75, 3.05) is 15.5 Å². The van der Waals surface area contributed by atoms with Gasteiger partial charge < -0.3 is 49.0 Å². The molecule has 35 heteroatoms. The molecule has 0 aliphatic rings. The van der Waals surface area contributed by atoms with E-state index in [0.717, 1.165) is 119 Å². The van der Waals surface area contributed by atoms with Gasteiger partial charge in [0.1, 0.15) is 79.9 Å². The summed E-state index contributed by atoms with van der Waals surface area (Å²) < 4.78 is 97.1. The molecule has 0 spiro atoms. The van der Waals surface area contributed by atoms with E-state index in [4.69, 9.17) is 50.4 Å². The largest absolute Gasteiger partial charge is 0.443 e. The topological polar surface area (TPSA) is 373 Å². The normalized spacial score (nSPS) is 10.9. The molecule has 0 bridgehead atoms. The van der Waals surface area contributed by atoms with Crippen LogP contribution in [-0.2, 0) is 57.0 Å². The predicted octanol–water partition coefficient (Wildman–Crippen LogP) is 29.1. The molecule has 4 amide bonds. The second-order valence-electron chi connectivity index (χ2n) is 36.6. The molecular weight excluding hydrogens is 1940 g/mol. The van der Waals surface area contributed by atoms with Gasteiger partial charge in [-0.3, -0.25) is 24.5 Å². The maximum absolute atomic E-state index is 12.8. The Balaban J connectivity index is -0.00000174. The number of amides is 4. The summed E-state index contributed by atoms with van der Waals surface area (Å²) in [7, 11) is -1.77. The highest BCUT2D eigenvalue weighted by atomic mass is 28.3. The Labute approximate surface area is 883 Å². The van der Waals surface area contributed by atoms with Gasteiger partial charge in [-0.15, -0.1) is 25.7 Å². The van der Waals surface area contributed by atoms with Gasteiger partial charge >= 0.3 is 36.7 Å². The number of carbonyl (C=O) groups excluding carboxylic acids is 6. The highest BCUT2D eigenvalue weighted by Crippen LogP contribution is 2.45. The summed E-state index contributed by atoms with van der Waals surface area (Å²) in [6.07, 6.45) is 35.3. The maximum Gasteiger partial charge on any atom is 0.433 e. The summed E-state index contributed by atoms with van der Waals surface area (Å²) in [6.45, 7) is 34.4. The Kier molecular flexibility index (Phi) is 54.7. The summed E-state index contributed by atoms with van der Waals surface area (Å²) >= 11 is 0. The first-order valence-electron chi connectivity index (χ1n) is 43.8. The SMILES string of the molecule is C.C.C.C.C.C.C.C.C.C.C.C#Cc1ccnc2[nH]cc(C(O)c3ccc(N(C(=O)OC(C)(C)C)C(=O)OC(C)(C)C)nc3)c12.C#Cc1ccnc2[nH]cc(Cc3ccc(CCc4ccc(C(F)(F)F)nc4)nc3)c12.C#Cc1ccnc2[nH]cc(Cc3ccc(N)nc3)c12.C#Cc1ccnc2c1ccn2[Si](C(C)C)(C(C)C)C(C)C.CC(C)(C)OC(=O)N(C(=O)OC(C)(C)C)c1ccc(C=O)cn1.O=Cc1ccc(C(F)(F)F)nc1. The predicted molar refractivity (Wildman–Crippen MR) is 598 cm³/mol. The Morgan fingerprint density at radius 2 is 0.780 bits per heavy atom. The molecule has 1 atom stereocenters. The van der Waals surface area contributed by atoms with Crippen LogP contribution in [0.15, 0.2) is 190 Å². The number of aldehydes is 2. The van der Waals surface area contributed by atoms with E-state index in [9.17, 15) is 60.2 Å². The van der Waals surface area contributed by atoms with Crippen LogP contribution < -0.4 is 15.5 Å². The number of nitrogens with one attached hydrogen (secondary N) is 3. The van der Waals surface area contributed by atoms with Gasteiger partial charge in [0, 0.05) is 165 Å². The number of H-pyrrole nitrogens is 3. The molecule has 810 valence electrons. The van der Waals surface area contributed by atoms with Crippen molar-refractivity contribution in [3.63, 3.8) is 0 Å². The van der Waals surface area contributed by atoms with Gasteiger partial charge in [-0.2, -0.15) is 36.1 Å². The number of rotatable bonds is 17. The lowest BCUT2D eigenvalue weighted by atomic mass is 10.0. The van der Waals surface area contributed by atoms with E-state index in [2.05, 4.69) is 147 Å². The molecule has 14 heterocycles. The summed E-state index contributed by atoms with van der Waals surface area (Å²) in [4.78, 5) is 122. The number of hydrogen-bond donors (Lipinski definition) is 5. The zero-order valence-corrected chi connectivity index (χ0v) is 81.2. The lowest BCUT2D eigenvalue weighted by Crippen LogP contribution is -2.51. The van der Waals surface area contributed by atoms with Gasteiger partial charge in [-0.1, -0.05) is 171 Å². The molecule has 0 aliphatic carbocycles. The lowest BCUT2D eigenvalue weighted by Gasteiger charge is -2.44. The number of terminal acetylenes is 4. The minimum Gasteiger partial charge on any atom is -0.443 e. The Hall–Kier alpha value is -15.7. The van der Waals surface area contributed by atoms with E-state index in [1.807, 2.05) is 61.2 Å². The Morgan fingerprint density at radius 3 is 1.13 bits per heavy atom. The second-order valence-corrected chi connectivity index (χ2v) is 42.3. The number of aliphatic hydroxyl groups excluding tert-OH is 1. The first kappa shape index (κ1) is 138. The number of aliphatic hydroxyl groups is 1. The third kappa shape index (κ3) is 36.7. The van der Waals surface area contributed by atoms with Crippen molar-refractivity contribution >= 4 is 107 Å². The molecule has 0 fully saturated rings. The lowest BCUT2D eigenvalue weighted by molar-refractivity contribution is -0.142. The number of pyridine rings is 10. The van der Waals surface area contributed by atoms with E-state index in [1.54, 1.807) is 132 Å². The number of aromatic amines is 3. The number of nitrogens with zero attached hydrogens (tertiary/aromatic N) is 13. The molecule has 0 aliphatic heterocycles. The summed E-state index contributed by atoms with van der Waals surface area (Å²) in [5.41, 5.74) is 16.0. The molecular formula is C115H153F6N17O11Si. The van der Waals surface area contributed by atoms with E-state index in [1.165, 1.54) is 42.9 Å².